The first-order valence-corrected chi connectivity index (χ1v) is 11.8. The summed E-state index contributed by atoms with van der Waals surface area (Å²) in [6.07, 6.45) is 4.15. The van der Waals surface area contributed by atoms with Crippen LogP contribution in [0, 0.1) is 18.3 Å². The van der Waals surface area contributed by atoms with Crippen LogP contribution in [0.2, 0.25) is 0 Å². The number of ether oxygens (including phenoxy) is 2. The Balaban J connectivity index is 1.56. The molecule has 1 saturated heterocycles. The lowest BCUT2D eigenvalue weighted by atomic mass is 9.97. The van der Waals surface area contributed by atoms with E-state index < -0.39 is 0 Å². The van der Waals surface area contributed by atoms with E-state index in [9.17, 15) is 0 Å². The van der Waals surface area contributed by atoms with Crippen LogP contribution < -0.4 is 9.64 Å². The van der Waals surface area contributed by atoms with Gasteiger partial charge in [-0.1, -0.05) is 24.3 Å². The second-order valence-corrected chi connectivity index (χ2v) is 9.12. The van der Waals surface area contributed by atoms with Gasteiger partial charge in [0.25, 0.3) is 0 Å². The quantitative estimate of drug-likeness (QED) is 0.382. The first-order chi connectivity index (χ1) is 17.0. The molecule has 1 aliphatic heterocycles. The Labute approximate surface area is 205 Å². The zero-order valence-electron chi connectivity index (χ0n) is 20.4. The molecule has 0 bridgehead atoms. The number of methoxy groups -OCH3 is 1. The Morgan fingerprint density at radius 3 is 2.34 bits per heavy atom. The first-order valence-electron chi connectivity index (χ1n) is 11.8. The SMILES string of the molecule is COc1c(-c2cnc(N3CC(C)OC(C)C3)cc2C)cnc2c(-c3ccc(C#N)cc3)cccc12. The van der Waals surface area contributed by atoms with Crippen molar-refractivity contribution in [3.05, 3.63) is 72.1 Å². The lowest BCUT2D eigenvalue weighted by molar-refractivity contribution is -0.00546. The van der Waals surface area contributed by atoms with Gasteiger partial charge in [-0.2, -0.15) is 5.26 Å². The summed E-state index contributed by atoms with van der Waals surface area (Å²) in [4.78, 5) is 12.0. The molecule has 0 spiro atoms. The maximum atomic E-state index is 9.12. The molecule has 1 aliphatic rings. The minimum atomic E-state index is 0.176. The van der Waals surface area contributed by atoms with E-state index in [1.807, 2.05) is 54.9 Å². The number of benzene rings is 2. The van der Waals surface area contributed by atoms with Crippen molar-refractivity contribution in [2.45, 2.75) is 33.0 Å². The van der Waals surface area contributed by atoms with Gasteiger partial charge in [-0.3, -0.25) is 4.98 Å². The number of hydrogen-bond donors (Lipinski definition) is 0. The van der Waals surface area contributed by atoms with Crippen molar-refractivity contribution in [2.75, 3.05) is 25.1 Å². The number of nitrogens with zero attached hydrogens (tertiary/aromatic N) is 4. The second-order valence-electron chi connectivity index (χ2n) is 9.12. The zero-order chi connectivity index (χ0) is 24.5. The van der Waals surface area contributed by atoms with Crippen molar-refractivity contribution in [3.63, 3.8) is 0 Å². The molecule has 0 aliphatic carbocycles. The number of para-hydroxylation sites is 1. The monoisotopic (exact) mass is 464 g/mol. The molecule has 1 fully saturated rings. The Kier molecular flexibility index (Phi) is 6.10. The number of morpholine rings is 1. The van der Waals surface area contributed by atoms with Gasteiger partial charge in [0.1, 0.15) is 11.6 Å². The van der Waals surface area contributed by atoms with Crippen molar-refractivity contribution >= 4 is 16.7 Å². The summed E-state index contributed by atoms with van der Waals surface area (Å²) in [5.74, 6) is 1.74. The number of aromatic nitrogens is 2. The summed E-state index contributed by atoms with van der Waals surface area (Å²) in [5.41, 5.74) is 6.52. The van der Waals surface area contributed by atoms with Crippen molar-refractivity contribution < 1.29 is 9.47 Å². The van der Waals surface area contributed by atoms with Gasteiger partial charge in [0.05, 0.1) is 36.5 Å². The minimum Gasteiger partial charge on any atom is -0.495 e. The van der Waals surface area contributed by atoms with E-state index in [0.717, 1.165) is 63.4 Å². The van der Waals surface area contributed by atoms with Crippen LogP contribution in [0.25, 0.3) is 33.2 Å². The molecule has 0 amide bonds. The number of rotatable bonds is 4. The molecule has 4 aromatic rings. The van der Waals surface area contributed by atoms with Gasteiger partial charge in [-0.15, -0.1) is 0 Å². The molecule has 2 atom stereocenters. The van der Waals surface area contributed by atoms with Gasteiger partial charge in [-0.25, -0.2) is 4.98 Å². The molecule has 2 unspecified atom stereocenters. The van der Waals surface area contributed by atoms with Crippen LogP contribution in [0.15, 0.2) is 60.9 Å². The van der Waals surface area contributed by atoms with Gasteiger partial charge >= 0.3 is 0 Å². The molecule has 3 heterocycles. The average Bonchev–Trinajstić information content (AvgIpc) is 2.87. The standard InChI is InChI=1S/C29H28N4O2/c1-18-12-27(33-16-19(2)35-20(3)17-33)31-14-25(18)26-15-32-28-23(6-5-7-24(28)29(26)34-4)22-10-8-21(13-30)9-11-22/h5-12,14-15,19-20H,16-17H2,1-4H3. The second kappa shape index (κ2) is 9.36. The Bertz CT molecular complexity index is 1420. The number of pyridine rings is 2. The van der Waals surface area contributed by atoms with Gasteiger partial charge in [0.2, 0.25) is 0 Å². The summed E-state index contributed by atoms with van der Waals surface area (Å²) in [6.45, 7) is 7.96. The Morgan fingerprint density at radius 1 is 0.971 bits per heavy atom. The lowest BCUT2D eigenvalue weighted by Crippen LogP contribution is -2.45. The van der Waals surface area contributed by atoms with Crippen LogP contribution in [0.5, 0.6) is 5.75 Å². The largest absolute Gasteiger partial charge is 0.495 e. The molecule has 2 aromatic heterocycles. The third-order valence-corrected chi connectivity index (χ3v) is 6.51. The number of fused-ring (bicyclic) bond motifs is 1. The van der Waals surface area contributed by atoms with Crippen molar-refractivity contribution in [1.82, 2.24) is 9.97 Å². The van der Waals surface area contributed by atoms with Gasteiger partial charge in [0, 0.05) is 47.6 Å². The third kappa shape index (κ3) is 4.31. The zero-order valence-corrected chi connectivity index (χ0v) is 20.4. The number of hydrogen-bond acceptors (Lipinski definition) is 6. The molecule has 0 N–H and O–H groups in total. The number of anilines is 1. The van der Waals surface area contributed by atoms with Crippen LogP contribution in [0.3, 0.4) is 0 Å². The van der Waals surface area contributed by atoms with Gasteiger partial charge in [-0.05, 0) is 56.2 Å². The van der Waals surface area contributed by atoms with E-state index in [1.165, 1.54) is 0 Å². The van der Waals surface area contributed by atoms with Gasteiger partial charge < -0.3 is 14.4 Å². The highest BCUT2D eigenvalue weighted by Gasteiger charge is 2.24. The summed E-state index contributed by atoms with van der Waals surface area (Å²) in [5, 5.41) is 10.1. The fourth-order valence-corrected chi connectivity index (χ4v) is 4.93. The molecular weight excluding hydrogens is 436 g/mol. The van der Waals surface area contributed by atoms with Crippen LogP contribution in [0.4, 0.5) is 5.82 Å². The van der Waals surface area contributed by atoms with E-state index in [4.69, 9.17) is 24.7 Å². The van der Waals surface area contributed by atoms with Gasteiger partial charge in [0.15, 0.2) is 0 Å². The molecule has 5 rings (SSSR count). The van der Waals surface area contributed by atoms with Crippen molar-refractivity contribution in [3.8, 4) is 34.1 Å². The highest BCUT2D eigenvalue weighted by Crippen LogP contribution is 2.40. The topological polar surface area (TPSA) is 71.3 Å². The molecular formula is C29H28N4O2. The summed E-state index contributed by atoms with van der Waals surface area (Å²) in [6, 6.07) is 18.0. The fraction of sp³-hybridized carbons (Fsp3) is 0.276. The molecule has 35 heavy (non-hydrogen) atoms. The molecule has 6 heteroatoms. The third-order valence-electron chi connectivity index (χ3n) is 6.51. The average molecular weight is 465 g/mol. The van der Waals surface area contributed by atoms with Crippen LogP contribution in [-0.4, -0.2) is 42.4 Å². The van der Waals surface area contributed by atoms with Crippen LogP contribution in [-0.2, 0) is 4.74 Å². The highest BCUT2D eigenvalue weighted by molar-refractivity contribution is 6.00. The lowest BCUT2D eigenvalue weighted by Gasteiger charge is -2.36. The predicted octanol–water partition coefficient (Wildman–Crippen LogP) is 5.77. The van der Waals surface area contributed by atoms with Crippen molar-refractivity contribution in [2.24, 2.45) is 0 Å². The fourth-order valence-electron chi connectivity index (χ4n) is 4.93. The van der Waals surface area contributed by atoms with E-state index in [2.05, 4.69) is 37.8 Å². The Morgan fingerprint density at radius 2 is 1.69 bits per heavy atom. The normalized spacial score (nSPS) is 17.9. The Hall–Kier alpha value is -3.95. The van der Waals surface area contributed by atoms with Crippen LogP contribution in [0.1, 0.15) is 25.0 Å². The van der Waals surface area contributed by atoms with Crippen LogP contribution >= 0.6 is 0 Å². The highest BCUT2D eigenvalue weighted by atomic mass is 16.5. The number of aryl methyl sites for hydroxylation is 1. The van der Waals surface area contributed by atoms with E-state index in [0.29, 0.717) is 5.56 Å². The van der Waals surface area contributed by atoms with Crippen molar-refractivity contribution in [1.29, 1.82) is 5.26 Å². The molecule has 0 saturated carbocycles. The smallest absolute Gasteiger partial charge is 0.137 e. The van der Waals surface area contributed by atoms with E-state index in [1.54, 1.807) is 7.11 Å². The van der Waals surface area contributed by atoms with E-state index >= 15 is 0 Å². The molecule has 2 aromatic carbocycles. The number of nitriles is 1. The maximum absolute atomic E-state index is 9.12. The maximum Gasteiger partial charge on any atom is 0.137 e. The summed E-state index contributed by atoms with van der Waals surface area (Å²) in [7, 11) is 1.69. The molecule has 6 nitrogen and oxygen atoms in total. The first kappa shape index (κ1) is 22.8. The summed E-state index contributed by atoms with van der Waals surface area (Å²) >= 11 is 0. The summed E-state index contributed by atoms with van der Waals surface area (Å²) < 4.78 is 11.8. The molecule has 0 radical (unpaired) electrons. The predicted molar refractivity (Wildman–Crippen MR) is 139 cm³/mol. The van der Waals surface area contributed by atoms with E-state index in [-0.39, 0.29) is 12.2 Å². The molecule has 176 valence electrons. The minimum absolute atomic E-state index is 0.176.